The van der Waals surface area contributed by atoms with Gasteiger partial charge in [-0.25, -0.2) is 4.39 Å². The number of nitrogens with one attached hydrogen (secondary N) is 3. The number of nitrogens with zero attached hydrogens (tertiary/aromatic N) is 1. The first kappa shape index (κ1) is 32.7. The van der Waals surface area contributed by atoms with Crippen molar-refractivity contribution >= 4 is 46.6 Å². The van der Waals surface area contributed by atoms with Gasteiger partial charge in [-0.1, -0.05) is 35.3 Å². The minimum absolute atomic E-state index is 0.103. The highest BCUT2D eigenvalue weighted by atomic mass is 35.5. The van der Waals surface area contributed by atoms with Gasteiger partial charge in [0.2, 0.25) is 11.8 Å². The summed E-state index contributed by atoms with van der Waals surface area (Å²) in [6.07, 6.45) is 0.661. The zero-order chi connectivity index (χ0) is 32.7. The number of anilines is 1. The van der Waals surface area contributed by atoms with Gasteiger partial charge in [-0.3, -0.25) is 14.4 Å². The van der Waals surface area contributed by atoms with Gasteiger partial charge in [0.05, 0.1) is 6.04 Å². The van der Waals surface area contributed by atoms with Crippen LogP contribution in [0.5, 0.6) is 5.75 Å². The molecular formula is C34H37Cl2FN4O4. The second-order valence-corrected chi connectivity index (χ2v) is 13.4. The second kappa shape index (κ2) is 12.6. The molecule has 0 bridgehead atoms. The topological polar surface area (TPSA) is 99.8 Å². The summed E-state index contributed by atoms with van der Waals surface area (Å²) < 4.78 is 21.2. The van der Waals surface area contributed by atoms with Gasteiger partial charge in [0, 0.05) is 40.2 Å². The summed E-state index contributed by atoms with van der Waals surface area (Å²) in [5.41, 5.74) is -0.0307. The Bertz CT molecular complexity index is 1660. The number of hydrogen-bond acceptors (Lipinski definition) is 5. The fourth-order valence-corrected chi connectivity index (χ4v) is 6.81. The lowest BCUT2D eigenvalue weighted by Gasteiger charge is -2.47. The van der Waals surface area contributed by atoms with Crippen LogP contribution < -0.4 is 20.7 Å². The smallest absolute Gasteiger partial charge is 0.263 e. The molecule has 1 spiro atoms. The Morgan fingerprint density at radius 3 is 2.51 bits per heavy atom. The van der Waals surface area contributed by atoms with Crippen LogP contribution >= 0.6 is 23.2 Å². The minimum atomic E-state index is -1.45. The summed E-state index contributed by atoms with van der Waals surface area (Å²) in [7, 11) is 3.93. The average molecular weight is 656 g/mol. The molecule has 0 radical (unpaired) electrons. The van der Waals surface area contributed by atoms with Gasteiger partial charge in [0.25, 0.3) is 5.91 Å². The quantitative estimate of drug-likeness (QED) is 0.250. The number of aryl methyl sites for hydroxylation is 1. The number of ether oxygens (including phenoxy) is 1. The molecular weight excluding hydrogens is 618 g/mol. The molecule has 11 heteroatoms. The Morgan fingerprint density at radius 2 is 1.78 bits per heavy atom. The average Bonchev–Trinajstić information content (AvgIpc) is 3.25. The van der Waals surface area contributed by atoms with Crippen LogP contribution in [-0.4, -0.2) is 55.4 Å². The highest BCUT2D eigenvalue weighted by Crippen LogP contribution is 2.59. The van der Waals surface area contributed by atoms with E-state index in [1.807, 2.05) is 25.9 Å². The molecule has 45 heavy (non-hydrogen) atoms. The van der Waals surface area contributed by atoms with Crippen molar-refractivity contribution in [1.29, 1.82) is 0 Å². The van der Waals surface area contributed by atoms with Crippen molar-refractivity contribution in [3.63, 3.8) is 0 Å². The van der Waals surface area contributed by atoms with Gasteiger partial charge in [-0.2, -0.15) is 0 Å². The Labute approximate surface area is 272 Å². The van der Waals surface area contributed by atoms with Gasteiger partial charge in [0.1, 0.15) is 17.0 Å². The summed E-state index contributed by atoms with van der Waals surface area (Å²) in [6.45, 7) is 6.41. The molecule has 5 rings (SSSR count). The van der Waals surface area contributed by atoms with Crippen molar-refractivity contribution in [2.24, 2.45) is 0 Å². The summed E-state index contributed by atoms with van der Waals surface area (Å²) in [6, 6.07) is 13.4. The first-order chi connectivity index (χ1) is 21.2. The minimum Gasteiger partial charge on any atom is -0.478 e. The summed E-state index contributed by atoms with van der Waals surface area (Å²) in [4.78, 5) is 43.3. The first-order valence-electron chi connectivity index (χ1n) is 14.8. The zero-order valence-electron chi connectivity index (χ0n) is 25.9. The van der Waals surface area contributed by atoms with Crippen molar-refractivity contribution in [3.05, 3.63) is 92.7 Å². The molecule has 3 N–H and O–H groups in total. The number of halogens is 3. The maximum Gasteiger partial charge on any atom is 0.263 e. The lowest BCUT2D eigenvalue weighted by molar-refractivity contribution is -0.135. The first-order valence-corrected chi connectivity index (χ1v) is 15.6. The van der Waals surface area contributed by atoms with Gasteiger partial charge in [0.15, 0.2) is 5.60 Å². The number of fused-ring (bicyclic) bond motifs is 2. The Morgan fingerprint density at radius 1 is 1.07 bits per heavy atom. The molecule has 1 saturated heterocycles. The monoisotopic (exact) mass is 654 g/mol. The molecule has 238 valence electrons. The van der Waals surface area contributed by atoms with Crippen molar-refractivity contribution in [1.82, 2.24) is 15.5 Å². The van der Waals surface area contributed by atoms with Crippen LogP contribution in [0.2, 0.25) is 10.0 Å². The number of carbonyl (C=O) groups excluding carboxylic acids is 3. The lowest BCUT2D eigenvalue weighted by atomic mass is 9.59. The number of hydrogen-bond donors (Lipinski definition) is 3. The standard InChI is InChI=1S/C34H37Cl2FN4O4/c1-19-7-10-22(37)17-23(19)30-34(25-11-8-21(36)16-27(25)39-32(34)44)26(18-29(42)40-30)24-15-20(35)9-12-28(24)45-33(2,3)31(43)38-13-6-14-41(4)5/h7-12,15-17,26,30H,6,13-14,18H2,1-5H3,(H,38,43)(H,39,44)(H,40,42)/t26-,30+,34?/m1/s1. The molecule has 3 amide bonds. The van der Waals surface area contributed by atoms with Crippen LogP contribution in [0.15, 0.2) is 54.6 Å². The molecule has 8 nitrogen and oxygen atoms in total. The molecule has 2 aliphatic rings. The molecule has 3 aromatic rings. The molecule has 0 saturated carbocycles. The molecule has 1 unspecified atom stereocenters. The summed E-state index contributed by atoms with van der Waals surface area (Å²) in [5, 5.41) is 9.71. The highest BCUT2D eigenvalue weighted by molar-refractivity contribution is 6.31. The zero-order valence-corrected chi connectivity index (χ0v) is 27.4. The molecule has 1 fully saturated rings. The number of amides is 3. The maximum absolute atomic E-state index is 14.8. The maximum atomic E-state index is 14.8. The van der Waals surface area contributed by atoms with Crippen molar-refractivity contribution in [2.75, 3.05) is 32.5 Å². The van der Waals surface area contributed by atoms with Crippen LogP contribution in [0.3, 0.4) is 0 Å². The van der Waals surface area contributed by atoms with E-state index in [1.165, 1.54) is 12.1 Å². The van der Waals surface area contributed by atoms with Gasteiger partial charge in [-0.05, 0) is 107 Å². The van der Waals surface area contributed by atoms with Crippen LogP contribution in [0.1, 0.15) is 60.9 Å². The SMILES string of the molecule is Cc1ccc(F)cc1[C@@H]1NC(=O)C[C@H](c2cc(Cl)ccc2OC(C)(C)C(=O)NCCCN(C)C)C12C(=O)Nc1cc(Cl)ccc12. The fraction of sp³-hybridized carbons (Fsp3) is 0.382. The normalized spacial score (nSPS) is 21.0. The lowest BCUT2D eigenvalue weighted by Crippen LogP contribution is -2.57. The van der Waals surface area contributed by atoms with Crippen molar-refractivity contribution in [3.8, 4) is 5.75 Å². The molecule has 2 aliphatic heterocycles. The van der Waals surface area contributed by atoms with Crippen LogP contribution in [0, 0.1) is 12.7 Å². The van der Waals surface area contributed by atoms with E-state index >= 15 is 0 Å². The predicted molar refractivity (Wildman–Crippen MR) is 173 cm³/mol. The van der Waals surface area contributed by atoms with Crippen LogP contribution in [0.25, 0.3) is 0 Å². The summed E-state index contributed by atoms with van der Waals surface area (Å²) in [5.74, 6) is -2.06. The Balaban J connectivity index is 1.65. The third-order valence-corrected chi connectivity index (χ3v) is 9.10. The van der Waals surface area contributed by atoms with Gasteiger partial charge in [-0.15, -0.1) is 0 Å². The van der Waals surface area contributed by atoms with E-state index in [2.05, 4.69) is 16.0 Å². The van der Waals surface area contributed by atoms with Gasteiger partial charge < -0.3 is 25.6 Å². The van der Waals surface area contributed by atoms with E-state index in [0.29, 0.717) is 50.3 Å². The highest BCUT2D eigenvalue weighted by Gasteiger charge is 2.62. The largest absolute Gasteiger partial charge is 0.478 e. The molecule has 3 atom stereocenters. The van der Waals surface area contributed by atoms with E-state index < -0.39 is 28.8 Å². The van der Waals surface area contributed by atoms with E-state index in [1.54, 1.807) is 56.3 Å². The van der Waals surface area contributed by atoms with E-state index in [9.17, 15) is 18.8 Å². The van der Waals surface area contributed by atoms with Crippen LogP contribution in [-0.2, 0) is 19.8 Å². The summed E-state index contributed by atoms with van der Waals surface area (Å²) >= 11 is 12.9. The molecule has 0 aromatic heterocycles. The number of rotatable bonds is 9. The third-order valence-electron chi connectivity index (χ3n) is 8.63. The number of benzene rings is 3. The van der Waals surface area contributed by atoms with Crippen molar-refractivity contribution < 1.29 is 23.5 Å². The molecule has 3 aromatic carbocycles. The predicted octanol–water partition coefficient (Wildman–Crippen LogP) is 5.90. The fourth-order valence-electron chi connectivity index (χ4n) is 6.46. The van der Waals surface area contributed by atoms with E-state index in [-0.39, 0.29) is 24.1 Å². The number of carbonyl (C=O) groups is 3. The van der Waals surface area contributed by atoms with E-state index in [0.717, 1.165) is 13.0 Å². The number of piperidine rings is 1. The third kappa shape index (κ3) is 6.26. The second-order valence-electron chi connectivity index (χ2n) is 12.5. The van der Waals surface area contributed by atoms with Crippen LogP contribution in [0.4, 0.5) is 10.1 Å². The van der Waals surface area contributed by atoms with E-state index in [4.69, 9.17) is 27.9 Å². The molecule has 0 aliphatic carbocycles. The van der Waals surface area contributed by atoms with Crippen molar-refractivity contribution in [2.45, 2.75) is 56.6 Å². The Hall–Kier alpha value is -3.66. The van der Waals surface area contributed by atoms with Gasteiger partial charge >= 0.3 is 0 Å². The Kier molecular flexibility index (Phi) is 9.18. The molecule has 2 heterocycles.